The van der Waals surface area contributed by atoms with E-state index in [1.165, 1.54) is 0 Å². The second-order valence-corrected chi connectivity index (χ2v) is 4.55. The van der Waals surface area contributed by atoms with E-state index in [9.17, 15) is 4.79 Å². The lowest BCUT2D eigenvalue weighted by Crippen LogP contribution is -2.38. The van der Waals surface area contributed by atoms with Crippen LogP contribution in [0.15, 0.2) is 18.5 Å². The molecule has 0 amide bonds. The molecule has 0 fully saturated rings. The van der Waals surface area contributed by atoms with Crippen molar-refractivity contribution in [2.45, 2.75) is 19.9 Å². The molecule has 0 N–H and O–H groups in total. The van der Waals surface area contributed by atoms with Gasteiger partial charge in [0, 0.05) is 44.7 Å². The second kappa shape index (κ2) is 6.57. The first-order chi connectivity index (χ1) is 8.04. The number of carbonyl (C=O) groups is 1. The van der Waals surface area contributed by atoms with E-state index in [4.69, 9.17) is 4.74 Å². The van der Waals surface area contributed by atoms with Crippen LogP contribution in [0.5, 0.6) is 0 Å². The Morgan fingerprint density at radius 2 is 2.24 bits per heavy atom. The fourth-order valence-electron chi connectivity index (χ4n) is 1.67. The molecule has 0 aromatic carbocycles. The van der Waals surface area contributed by atoms with E-state index in [0.717, 1.165) is 12.1 Å². The summed E-state index contributed by atoms with van der Waals surface area (Å²) in [5, 5.41) is 0. The highest BCUT2D eigenvalue weighted by atomic mass is 16.5. The first kappa shape index (κ1) is 13.9. The van der Waals surface area contributed by atoms with Gasteiger partial charge in [0.05, 0.1) is 13.2 Å². The predicted octanol–water partition coefficient (Wildman–Crippen LogP) is 1.56. The molecule has 0 radical (unpaired) electrons. The Hall–Kier alpha value is -1.13. The van der Waals surface area contributed by atoms with E-state index in [-0.39, 0.29) is 5.78 Å². The molecule has 4 nitrogen and oxygen atoms in total. The average Bonchev–Trinajstić information content (AvgIpc) is 2.70. The Morgan fingerprint density at radius 3 is 2.71 bits per heavy atom. The Bertz CT molecular complexity index is 358. The molecule has 0 saturated carbocycles. The lowest BCUT2D eigenvalue weighted by Gasteiger charge is -2.25. The van der Waals surface area contributed by atoms with Crippen LogP contribution in [0.2, 0.25) is 0 Å². The number of nitrogens with zero attached hydrogens (tertiary/aromatic N) is 2. The maximum absolute atomic E-state index is 12.0. The highest BCUT2D eigenvalue weighted by Gasteiger charge is 2.15. The monoisotopic (exact) mass is 238 g/mol. The Labute approximate surface area is 103 Å². The largest absolute Gasteiger partial charge is 0.383 e. The zero-order chi connectivity index (χ0) is 12.8. The highest BCUT2D eigenvalue weighted by molar-refractivity contribution is 5.97. The van der Waals surface area contributed by atoms with Gasteiger partial charge in [0.2, 0.25) is 0 Å². The molecule has 1 aromatic rings. The van der Waals surface area contributed by atoms with Crippen LogP contribution in [0.3, 0.4) is 0 Å². The number of ketones is 1. The van der Waals surface area contributed by atoms with Crippen LogP contribution in [0, 0.1) is 0 Å². The fourth-order valence-corrected chi connectivity index (χ4v) is 1.67. The van der Waals surface area contributed by atoms with Crippen LogP contribution in [0.25, 0.3) is 0 Å². The van der Waals surface area contributed by atoms with Crippen molar-refractivity contribution in [2.24, 2.45) is 7.05 Å². The van der Waals surface area contributed by atoms with Gasteiger partial charge in [0.1, 0.15) is 0 Å². The summed E-state index contributed by atoms with van der Waals surface area (Å²) < 4.78 is 6.95. The average molecular weight is 238 g/mol. The topological polar surface area (TPSA) is 34.5 Å². The van der Waals surface area contributed by atoms with Gasteiger partial charge in [-0.15, -0.1) is 0 Å². The van der Waals surface area contributed by atoms with Crippen molar-refractivity contribution in [3.05, 3.63) is 24.0 Å². The summed E-state index contributed by atoms with van der Waals surface area (Å²) in [6.45, 7) is 6.07. The number of aromatic nitrogens is 1. The van der Waals surface area contributed by atoms with E-state index >= 15 is 0 Å². The van der Waals surface area contributed by atoms with Gasteiger partial charge < -0.3 is 9.30 Å². The van der Waals surface area contributed by atoms with E-state index in [2.05, 4.69) is 18.7 Å². The number of hydrogen-bond donors (Lipinski definition) is 0. The van der Waals surface area contributed by atoms with Crippen molar-refractivity contribution < 1.29 is 9.53 Å². The highest BCUT2D eigenvalue weighted by Crippen LogP contribution is 2.05. The predicted molar refractivity (Wildman–Crippen MR) is 68.3 cm³/mol. The molecule has 0 aliphatic rings. The molecule has 0 atom stereocenters. The minimum atomic E-state index is 0.162. The van der Waals surface area contributed by atoms with Gasteiger partial charge in [-0.05, 0) is 19.9 Å². The van der Waals surface area contributed by atoms with Gasteiger partial charge in [-0.2, -0.15) is 0 Å². The smallest absolute Gasteiger partial charge is 0.178 e. The third kappa shape index (κ3) is 4.32. The maximum Gasteiger partial charge on any atom is 0.178 e. The van der Waals surface area contributed by atoms with Crippen LogP contribution in [-0.2, 0) is 11.8 Å². The molecule has 0 aliphatic carbocycles. The molecule has 1 aromatic heterocycles. The van der Waals surface area contributed by atoms with Gasteiger partial charge in [0.15, 0.2) is 5.78 Å². The molecule has 1 rings (SSSR count). The molecular formula is C13H22N2O2. The zero-order valence-corrected chi connectivity index (χ0v) is 11.1. The number of Topliss-reactive ketones (excluding diaryl/α,β-unsaturated/α-hetero) is 1. The van der Waals surface area contributed by atoms with Gasteiger partial charge in [0.25, 0.3) is 0 Å². The van der Waals surface area contributed by atoms with Gasteiger partial charge in [-0.3, -0.25) is 9.69 Å². The number of methoxy groups -OCH3 is 1. The normalized spacial score (nSPS) is 11.4. The number of carbonyl (C=O) groups excluding carboxylic acids is 1. The standard InChI is InChI=1S/C13H22N2O2/c1-11(2)15(7-8-17-4)10-13(16)12-5-6-14(3)9-12/h5-6,9,11H,7-8,10H2,1-4H3. The minimum Gasteiger partial charge on any atom is -0.383 e. The van der Waals surface area contributed by atoms with E-state index in [1.807, 2.05) is 30.1 Å². The minimum absolute atomic E-state index is 0.162. The number of hydrogen-bond acceptors (Lipinski definition) is 3. The van der Waals surface area contributed by atoms with E-state index in [0.29, 0.717) is 19.2 Å². The summed E-state index contributed by atoms with van der Waals surface area (Å²) in [6.07, 6.45) is 3.75. The van der Waals surface area contributed by atoms with Gasteiger partial charge in [-0.1, -0.05) is 0 Å². The van der Waals surface area contributed by atoms with Crippen molar-refractivity contribution in [1.82, 2.24) is 9.47 Å². The van der Waals surface area contributed by atoms with Crippen LogP contribution in [0.4, 0.5) is 0 Å². The summed E-state index contributed by atoms with van der Waals surface area (Å²) in [4.78, 5) is 14.2. The molecule has 4 heteroatoms. The first-order valence-corrected chi connectivity index (χ1v) is 5.92. The summed E-state index contributed by atoms with van der Waals surface area (Å²) in [6, 6.07) is 2.20. The SMILES string of the molecule is COCCN(CC(=O)c1ccn(C)c1)C(C)C. The quantitative estimate of drug-likeness (QED) is 0.676. The summed E-state index contributed by atoms with van der Waals surface area (Å²) >= 11 is 0. The van der Waals surface area contributed by atoms with Crippen molar-refractivity contribution in [3.63, 3.8) is 0 Å². The van der Waals surface area contributed by atoms with Crippen LogP contribution in [-0.4, -0.2) is 48.1 Å². The lowest BCUT2D eigenvalue weighted by atomic mass is 10.2. The Kier molecular flexibility index (Phi) is 5.38. The van der Waals surface area contributed by atoms with E-state index in [1.54, 1.807) is 7.11 Å². The van der Waals surface area contributed by atoms with Crippen molar-refractivity contribution >= 4 is 5.78 Å². The van der Waals surface area contributed by atoms with Crippen LogP contribution < -0.4 is 0 Å². The molecule has 0 aliphatic heterocycles. The Morgan fingerprint density at radius 1 is 1.53 bits per heavy atom. The molecule has 17 heavy (non-hydrogen) atoms. The number of ether oxygens (including phenoxy) is 1. The fraction of sp³-hybridized carbons (Fsp3) is 0.615. The number of aryl methyl sites for hydroxylation is 1. The summed E-state index contributed by atoms with van der Waals surface area (Å²) in [5.74, 6) is 0.162. The molecule has 0 saturated heterocycles. The van der Waals surface area contributed by atoms with Crippen LogP contribution in [0.1, 0.15) is 24.2 Å². The summed E-state index contributed by atoms with van der Waals surface area (Å²) in [5.41, 5.74) is 0.774. The third-order valence-electron chi connectivity index (χ3n) is 2.81. The van der Waals surface area contributed by atoms with Crippen LogP contribution >= 0.6 is 0 Å². The molecule has 96 valence electrons. The van der Waals surface area contributed by atoms with Gasteiger partial charge in [-0.25, -0.2) is 0 Å². The zero-order valence-electron chi connectivity index (χ0n) is 11.1. The van der Waals surface area contributed by atoms with Crippen molar-refractivity contribution in [2.75, 3.05) is 26.8 Å². The second-order valence-electron chi connectivity index (χ2n) is 4.55. The summed E-state index contributed by atoms with van der Waals surface area (Å²) in [7, 11) is 3.60. The Balaban J connectivity index is 2.57. The molecule has 1 heterocycles. The molecule has 0 spiro atoms. The molecular weight excluding hydrogens is 216 g/mol. The van der Waals surface area contributed by atoms with E-state index < -0.39 is 0 Å². The molecule has 0 bridgehead atoms. The van der Waals surface area contributed by atoms with Crippen molar-refractivity contribution in [3.8, 4) is 0 Å². The maximum atomic E-state index is 12.0. The lowest BCUT2D eigenvalue weighted by molar-refractivity contribution is 0.0852. The van der Waals surface area contributed by atoms with Crippen molar-refractivity contribution in [1.29, 1.82) is 0 Å². The number of rotatable bonds is 7. The first-order valence-electron chi connectivity index (χ1n) is 5.92. The third-order valence-corrected chi connectivity index (χ3v) is 2.81. The molecule has 0 unspecified atom stereocenters. The van der Waals surface area contributed by atoms with Gasteiger partial charge >= 0.3 is 0 Å².